The molecular weight excluding hydrogens is 388 g/mol. The summed E-state index contributed by atoms with van der Waals surface area (Å²) in [5, 5.41) is 4.79. The minimum atomic E-state index is -0.607. The van der Waals surface area contributed by atoms with Crippen molar-refractivity contribution in [1.29, 1.82) is 0 Å². The van der Waals surface area contributed by atoms with Crippen LogP contribution in [0.25, 0.3) is 0 Å². The van der Waals surface area contributed by atoms with E-state index >= 15 is 0 Å². The summed E-state index contributed by atoms with van der Waals surface area (Å²) >= 11 is 7.93. The third-order valence-electron chi connectivity index (χ3n) is 2.38. The van der Waals surface area contributed by atoms with Crippen molar-refractivity contribution in [3.8, 4) is 0 Å². The summed E-state index contributed by atoms with van der Waals surface area (Å²) in [4.78, 5) is 1.00. The topological polar surface area (TPSA) is 12.0 Å². The van der Waals surface area contributed by atoms with Gasteiger partial charge in [0.1, 0.15) is 17.3 Å². The van der Waals surface area contributed by atoms with Crippen molar-refractivity contribution in [2.24, 2.45) is 0 Å². The lowest BCUT2D eigenvalue weighted by Crippen LogP contribution is -2.08. The van der Waals surface area contributed by atoms with Crippen molar-refractivity contribution >= 4 is 48.9 Å². The van der Waals surface area contributed by atoms with E-state index in [2.05, 4.69) is 37.2 Å². The maximum absolute atomic E-state index is 13.7. The molecule has 0 aliphatic heterocycles. The van der Waals surface area contributed by atoms with Gasteiger partial charge in [0.2, 0.25) is 0 Å². The SMILES string of the molecule is CC(Nc1c(F)cc(Br)cc1F)c1cc(Br)cs1. The zero-order valence-electron chi connectivity index (χ0n) is 9.31. The van der Waals surface area contributed by atoms with E-state index in [0.717, 1.165) is 9.35 Å². The Labute approximate surface area is 124 Å². The average molecular weight is 397 g/mol. The highest BCUT2D eigenvalue weighted by Crippen LogP contribution is 2.31. The molecule has 2 aromatic rings. The largest absolute Gasteiger partial charge is 0.373 e. The molecule has 1 atom stereocenters. The molecule has 0 spiro atoms. The van der Waals surface area contributed by atoms with Crippen LogP contribution in [0.15, 0.2) is 32.5 Å². The van der Waals surface area contributed by atoms with Crippen molar-refractivity contribution in [2.45, 2.75) is 13.0 Å². The fourth-order valence-electron chi connectivity index (χ4n) is 1.52. The second-order valence-electron chi connectivity index (χ2n) is 3.78. The Morgan fingerprint density at radius 2 is 1.72 bits per heavy atom. The predicted octanol–water partition coefficient (Wildman–Crippen LogP) is 5.72. The number of rotatable bonds is 3. The molecule has 0 fully saturated rings. The Kier molecular flexibility index (Phi) is 4.40. The Morgan fingerprint density at radius 1 is 1.11 bits per heavy atom. The van der Waals surface area contributed by atoms with Crippen LogP contribution in [0.2, 0.25) is 0 Å². The van der Waals surface area contributed by atoms with Crippen LogP contribution in [0.3, 0.4) is 0 Å². The van der Waals surface area contributed by atoms with E-state index in [-0.39, 0.29) is 11.7 Å². The second-order valence-corrected chi connectivity index (χ2v) is 6.55. The van der Waals surface area contributed by atoms with E-state index in [1.807, 2.05) is 18.4 Å². The zero-order chi connectivity index (χ0) is 13.3. The first-order valence-electron chi connectivity index (χ1n) is 5.12. The summed E-state index contributed by atoms with van der Waals surface area (Å²) in [5.41, 5.74) is -0.102. The van der Waals surface area contributed by atoms with Crippen molar-refractivity contribution in [1.82, 2.24) is 0 Å². The number of hydrogen-bond acceptors (Lipinski definition) is 2. The third kappa shape index (κ3) is 3.10. The molecule has 18 heavy (non-hydrogen) atoms. The molecule has 0 bridgehead atoms. The van der Waals surface area contributed by atoms with E-state index in [0.29, 0.717) is 4.47 Å². The predicted molar refractivity (Wildman–Crippen MR) is 78.1 cm³/mol. The second kappa shape index (κ2) is 5.67. The standard InChI is InChI=1S/C12H9Br2F2NS/c1-6(11-4-8(14)5-18-11)17-12-9(15)2-7(13)3-10(12)16/h2-6,17H,1H3. The molecular formula is C12H9Br2F2NS. The number of anilines is 1. The molecule has 0 radical (unpaired) electrons. The Hall–Kier alpha value is -0.460. The molecule has 0 saturated carbocycles. The summed E-state index contributed by atoms with van der Waals surface area (Å²) in [5.74, 6) is -1.21. The molecule has 1 heterocycles. The summed E-state index contributed by atoms with van der Waals surface area (Å²) in [6, 6.07) is 4.24. The molecule has 0 aliphatic carbocycles. The van der Waals surface area contributed by atoms with Crippen LogP contribution < -0.4 is 5.32 Å². The third-order valence-corrected chi connectivity index (χ3v) is 4.72. The van der Waals surface area contributed by atoms with Gasteiger partial charge in [0.05, 0.1) is 6.04 Å². The summed E-state index contributed by atoms with van der Waals surface area (Å²) in [7, 11) is 0. The summed E-state index contributed by atoms with van der Waals surface area (Å²) in [6.07, 6.45) is 0. The van der Waals surface area contributed by atoms with Crippen molar-refractivity contribution in [3.63, 3.8) is 0 Å². The molecule has 0 saturated heterocycles. The van der Waals surface area contributed by atoms with Gasteiger partial charge in [-0.3, -0.25) is 0 Å². The van der Waals surface area contributed by atoms with Gasteiger partial charge in [0.25, 0.3) is 0 Å². The quantitative estimate of drug-likeness (QED) is 0.698. The number of benzene rings is 1. The highest BCUT2D eigenvalue weighted by atomic mass is 79.9. The van der Waals surface area contributed by atoms with Crippen molar-refractivity contribution in [3.05, 3.63) is 49.0 Å². The average Bonchev–Trinajstić information content (AvgIpc) is 2.70. The number of thiophene rings is 1. The number of halogens is 4. The lowest BCUT2D eigenvalue weighted by molar-refractivity contribution is 0.583. The number of hydrogen-bond donors (Lipinski definition) is 1. The molecule has 2 rings (SSSR count). The van der Waals surface area contributed by atoms with Gasteiger partial charge in [-0.05, 0) is 41.1 Å². The maximum Gasteiger partial charge on any atom is 0.150 e. The van der Waals surface area contributed by atoms with E-state index in [1.165, 1.54) is 23.5 Å². The normalized spacial score (nSPS) is 12.5. The zero-order valence-corrected chi connectivity index (χ0v) is 13.3. The minimum absolute atomic E-state index is 0.102. The van der Waals surface area contributed by atoms with E-state index in [9.17, 15) is 8.78 Å². The van der Waals surface area contributed by atoms with Crippen LogP contribution in [0.1, 0.15) is 17.8 Å². The van der Waals surface area contributed by atoms with Crippen LogP contribution in [-0.2, 0) is 0 Å². The monoisotopic (exact) mass is 395 g/mol. The van der Waals surface area contributed by atoms with Crippen LogP contribution in [0, 0.1) is 11.6 Å². The van der Waals surface area contributed by atoms with Crippen LogP contribution >= 0.6 is 43.2 Å². The van der Waals surface area contributed by atoms with Gasteiger partial charge >= 0.3 is 0 Å². The van der Waals surface area contributed by atoms with E-state index in [1.54, 1.807) is 0 Å². The van der Waals surface area contributed by atoms with Gasteiger partial charge in [0.15, 0.2) is 0 Å². The van der Waals surface area contributed by atoms with Gasteiger partial charge in [-0.2, -0.15) is 0 Å². The van der Waals surface area contributed by atoms with E-state index < -0.39 is 11.6 Å². The lowest BCUT2D eigenvalue weighted by Gasteiger charge is -2.15. The van der Waals surface area contributed by atoms with Crippen LogP contribution in [-0.4, -0.2) is 0 Å². The molecule has 1 aromatic heterocycles. The highest BCUT2D eigenvalue weighted by Gasteiger charge is 2.15. The lowest BCUT2D eigenvalue weighted by atomic mass is 10.2. The molecule has 1 aromatic carbocycles. The van der Waals surface area contributed by atoms with Crippen molar-refractivity contribution in [2.75, 3.05) is 5.32 Å². The first-order valence-corrected chi connectivity index (χ1v) is 7.59. The molecule has 1 nitrogen and oxygen atoms in total. The van der Waals surface area contributed by atoms with Crippen LogP contribution in [0.5, 0.6) is 0 Å². The van der Waals surface area contributed by atoms with Crippen molar-refractivity contribution < 1.29 is 8.78 Å². The maximum atomic E-state index is 13.7. The summed E-state index contributed by atoms with van der Waals surface area (Å²) in [6.45, 7) is 1.86. The fraction of sp³-hybridized carbons (Fsp3) is 0.167. The molecule has 0 amide bonds. The molecule has 1 unspecified atom stereocenters. The first-order chi connectivity index (χ1) is 8.47. The van der Waals surface area contributed by atoms with Gasteiger partial charge in [-0.15, -0.1) is 11.3 Å². The highest BCUT2D eigenvalue weighted by molar-refractivity contribution is 9.10. The molecule has 0 aliphatic rings. The fourth-order valence-corrected chi connectivity index (χ4v) is 3.38. The smallest absolute Gasteiger partial charge is 0.150 e. The molecule has 6 heteroatoms. The Balaban J connectivity index is 2.24. The number of nitrogens with one attached hydrogen (secondary N) is 1. The molecule has 96 valence electrons. The molecule has 1 N–H and O–H groups in total. The van der Waals surface area contributed by atoms with E-state index in [4.69, 9.17) is 0 Å². The van der Waals surface area contributed by atoms with Gasteiger partial charge in [0, 0.05) is 19.2 Å². The Morgan fingerprint density at radius 3 is 2.22 bits per heavy atom. The van der Waals surface area contributed by atoms with Gasteiger partial charge < -0.3 is 5.32 Å². The summed E-state index contributed by atoms with van der Waals surface area (Å²) < 4.78 is 28.7. The van der Waals surface area contributed by atoms with Crippen LogP contribution in [0.4, 0.5) is 14.5 Å². The van der Waals surface area contributed by atoms with Gasteiger partial charge in [-0.25, -0.2) is 8.78 Å². The van der Waals surface area contributed by atoms with Gasteiger partial charge in [-0.1, -0.05) is 15.9 Å². The minimum Gasteiger partial charge on any atom is -0.373 e. The Bertz CT molecular complexity index is 548. The first kappa shape index (κ1) is 14.0.